The molecule has 0 fully saturated rings. The van der Waals surface area contributed by atoms with Gasteiger partial charge >= 0.3 is 0 Å². The van der Waals surface area contributed by atoms with E-state index in [1.165, 1.54) is 0 Å². The van der Waals surface area contributed by atoms with Crippen LogP contribution in [0.15, 0.2) is 66.7 Å². The zero-order valence-electron chi connectivity index (χ0n) is 17.1. The largest absolute Gasteiger partial charge is 0.496 e. The topological polar surface area (TPSA) is 56.1 Å². The van der Waals surface area contributed by atoms with E-state index in [1.54, 1.807) is 31.4 Å². The quantitative estimate of drug-likeness (QED) is 0.395. The van der Waals surface area contributed by atoms with Gasteiger partial charge in [-0.15, -0.1) is 0 Å². The van der Waals surface area contributed by atoms with E-state index in [4.69, 9.17) is 32.9 Å². The van der Waals surface area contributed by atoms with Gasteiger partial charge in [0.25, 0.3) is 5.91 Å². The van der Waals surface area contributed by atoms with Crippen molar-refractivity contribution in [2.45, 2.75) is 19.5 Å². The monoisotopic (exact) mass is 453 g/mol. The number of fused-ring (bicyclic) bond motifs is 1. The number of methoxy groups -OCH3 is 1. The number of carbonyl (C=O) groups excluding carboxylic acids is 1. The first-order valence-electron chi connectivity index (χ1n) is 9.81. The maximum atomic E-state index is 12.9. The molecule has 7 heteroatoms. The Hall–Kier alpha value is -3.02. The average Bonchev–Trinajstić information content (AvgIpc) is 3.14. The predicted molar refractivity (Wildman–Crippen MR) is 124 cm³/mol. The van der Waals surface area contributed by atoms with Crippen LogP contribution < -0.4 is 10.1 Å². The molecule has 1 aromatic heterocycles. The highest BCUT2D eigenvalue weighted by Crippen LogP contribution is 2.27. The minimum Gasteiger partial charge on any atom is -0.496 e. The molecule has 31 heavy (non-hydrogen) atoms. The lowest BCUT2D eigenvalue weighted by molar-refractivity contribution is 0.0934. The second-order valence-electron chi connectivity index (χ2n) is 7.18. The molecule has 0 saturated heterocycles. The van der Waals surface area contributed by atoms with Gasteiger partial charge < -0.3 is 14.6 Å². The summed E-state index contributed by atoms with van der Waals surface area (Å²) in [6.07, 6.45) is 0. The van der Waals surface area contributed by atoms with Gasteiger partial charge in [-0.3, -0.25) is 4.79 Å². The van der Waals surface area contributed by atoms with E-state index < -0.39 is 0 Å². The van der Waals surface area contributed by atoms with Crippen molar-refractivity contribution >= 4 is 40.1 Å². The van der Waals surface area contributed by atoms with Crippen LogP contribution in [-0.2, 0) is 6.54 Å². The lowest BCUT2D eigenvalue weighted by atomic mass is 10.1. The Bertz CT molecular complexity index is 1250. The highest BCUT2D eigenvalue weighted by atomic mass is 35.5. The van der Waals surface area contributed by atoms with Gasteiger partial charge in [0.05, 0.1) is 36.3 Å². The molecule has 1 heterocycles. The van der Waals surface area contributed by atoms with Crippen LogP contribution in [0.4, 0.5) is 0 Å². The van der Waals surface area contributed by atoms with Crippen molar-refractivity contribution in [1.29, 1.82) is 0 Å². The fraction of sp³-hybridized carbons (Fsp3) is 0.167. The first-order chi connectivity index (χ1) is 15.0. The van der Waals surface area contributed by atoms with Crippen LogP contribution >= 0.6 is 23.2 Å². The minimum absolute atomic E-state index is 0.229. The summed E-state index contributed by atoms with van der Waals surface area (Å²) >= 11 is 12.5. The second kappa shape index (κ2) is 9.00. The number of amides is 1. The van der Waals surface area contributed by atoms with Gasteiger partial charge in [-0.25, -0.2) is 4.98 Å². The number of hydrogen-bond acceptors (Lipinski definition) is 3. The molecule has 4 rings (SSSR count). The third-order valence-corrected chi connectivity index (χ3v) is 5.70. The fourth-order valence-corrected chi connectivity index (χ4v) is 4.05. The molecule has 0 aliphatic carbocycles. The summed E-state index contributed by atoms with van der Waals surface area (Å²) in [6, 6.07) is 20.1. The summed E-state index contributed by atoms with van der Waals surface area (Å²) in [5.41, 5.74) is 3.20. The second-order valence-corrected chi connectivity index (χ2v) is 8.02. The number of carbonyl (C=O) groups is 1. The number of hydrogen-bond donors (Lipinski definition) is 1. The number of rotatable bonds is 6. The molecule has 0 aliphatic heterocycles. The van der Waals surface area contributed by atoms with E-state index in [0.29, 0.717) is 27.9 Å². The van der Waals surface area contributed by atoms with Gasteiger partial charge in [-0.1, -0.05) is 53.5 Å². The third-order valence-electron chi connectivity index (χ3n) is 5.11. The van der Waals surface area contributed by atoms with Crippen LogP contribution in [0.3, 0.4) is 0 Å². The summed E-state index contributed by atoms with van der Waals surface area (Å²) in [6.45, 7) is 2.41. The van der Waals surface area contributed by atoms with Gasteiger partial charge in [-0.2, -0.15) is 0 Å². The first-order valence-corrected chi connectivity index (χ1v) is 10.6. The van der Waals surface area contributed by atoms with Crippen molar-refractivity contribution in [3.8, 4) is 5.75 Å². The Morgan fingerprint density at radius 2 is 1.84 bits per heavy atom. The van der Waals surface area contributed by atoms with Gasteiger partial charge in [0.1, 0.15) is 11.6 Å². The van der Waals surface area contributed by atoms with Crippen molar-refractivity contribution < 1.29 is 9.53 Å². The van der Waals surface area contributed by atoms with Crippen molar-refractivity contribution in [2.75, 3.05) is 7.11 Å². The van der Waals surface area contributed by atoms with E-state index in [-0.39, 0.29) is 11.9 Å². The number of benzene rings is 3. The molecule has 0 bridgehead atoms. The van der Waals surface area contributed by atoms with Gasteiger partial charge in [0.2, 0.25) is 0 Å². The number of aromatic nitrogens is 2. The molecular weight excluding hydrogens is 433 g/mol. The summed E-state index contributed by atoms with van der Waals surface area (Å²) in [5.74, 6) is 1.03. The Morgan fingerprint density at radius 3 is 2.61 bits per heavy atom. The van der Waals surface area contributed by atoms with Gasteiger partial charge in [0, 0.05) is 10.0 Å². The van der Waals surface area contributed by atoms with Gasteiger partial charge in [-0.05, 0) is 48.9 Å². The van der Waals surface area contributed by atoms with Crippen molar-refractivity contribution in [1.82, 2.24) is 14.9 Å². The van der Waals surface area contributed by atoms with Crippen LogP contribution in [-0.4, -0.2) is 22.6 Å². The van der Waals surface area contributed by atoms with E-state index >= 15 is 0 Å². The van der Waals surface area contributed by atoms with Crippen LogP contribution in [0.25, 0.3) is 11.0 Å². The number of nitrogens with one attached hydrogen (secondary N) is 1. The molecule has 1 amide bonds. The smallest absolute Gasteiger partial charge is 0.255 e. The maximum Gasteiger partial charge on any atom is 0.255 e. The summed E-state index contributed by atoms with van der Waals surface area (Å²) in [7, 11) is 1.55. The predicted octanol–water partition coefficient (Wildman–Crippen LogP) is 5.89. The molecule has 0 spiro atoms. The van der Waals surface area contributed by atoms with E-state index in [2.05, 4.69) is 9.88 Å². The molecule has 158 valence electrons. The van der Waals surface area contributed by atoms with E-state index in [9.17, 15) is 4.79 Å². The average molecular weight is 454 g/mol. The highest BCUT2D eigenvalue weighted by Gasteiger charge is 2.21. The Morgan fingerprint density at radius 1 is 1.10 bits per heavy atom. The van der Waals surface area contributed by atoms with E-state index in [0.717, 1.165) is 22.4 Å². The zero-order valence-corrected chi connectivity index (χ0v) is 18.6. The molecule has 5 nitrogen and oxygen atoms in total. The van der Waals surface area contributed by atoms with E-state index in [1.807, 2.05) is 49.4 Å². The van der Waals surface area contributed by atoms with Gasteiger partial charge in [0.15, 0.2) is 0 Å². The Kier molecular flexibility index (Phi) is 6.16. The maximum absolute atomic E-state index is 12.9. The summed E-state index contributed by atoms with van der Waals surface area (Å²) < 4.78 is 7.39. The molecule has 3 aromatic carbocycles. The van der Waals surface area contributed by atoms with Crippen molar-refractivity contribution in [2.24, 2.45) is 0 Å². The molecule has 0 saturated carbocycles. The summed E-state index contributed by atoms with van der Waals surface area (Å²) in [5, 5.41) is 4.21. The Balaban J connectivity index is 1.69. The third kappa shape index (κ3) is 4.38. The standard InChI is InChI=1S/C24H21Cl2N3O2/c1-15(27-24(30)18-7-3-6-10-22(18)31-2)23-28-20-8-4-5-9-21(20)29(23)14-16-11-12-17(25)13-19(16)26/h3-13,15H,14H2,1-2H3,(H,27,30). The zero-order chi connectivity index (χ0) is 22.0. The van der Waals surface area contributed by atoms with Crippen LogP contribution in [0, 0.1) is 0 Å². The lowest BCUT2D eigenvalue weighted by Crippen LogP contribution is -2.29. The number of nitrogens with zero attached hydrogens (tertiary/aromatic N) is 2. The normalized spacial score (nSPS) is 12.0. The molecule has 0 radical (unpaired) electrons. The van der Waals surface area contributed by atoms with Crippen LogP contribution in [0.1, 0.15) is 34.7 Å². The first kappa shape index (κ1) is 21.2. The van der Waals surface area contributed by atoms with Crippen molar-refractivity contribution in [3.05, 3.63) is 93.7 Å². The lowest BCUT2D eigenvalue weighted by Gasteiger charge is -2.18. The van der Waals surface area contributed by atoms with Crippen molar-refractivity contribution in [3.63, 3.8) is 0 Å². The number of imidazole rings is 1. The molecule has 1 atom stereocenters. The minimum atomic E-state index is -0.351. The molecule has 1 unspecified atom stereocenters. The number of halogens is 2. The van der Waals surface area contributed by atoms with Crippen LogP contribution in [0.2, 0.25) is 10.0 Å². The van der Waals surface area contributed by atoms with Crippen LogP contribution in [0.5, 0.6) is 5.75 Å². The molecule has 0 aliphatic rings. The molecule has 1 N–H and O–H groups in total. The molecular formula is C24H21Cl2N3O2. The number of para-hydroxylation sites is 3. The Labute approximate surface area is 190 Å². The fourth-order valence-electron chi connectivity index (χ4n) is 3.58. The highest BCUT2D eigenvalue weighted by molar-refractivity contribution is 6.35. The number of ether oxygens (including phenoxy) is 1. The molecule has 4 aromatic rings. The summed E-state index contributed by atoms with van der Waals surface area (Å²) in [4.78, 5) is 17.7. The SMILES string of the molecule is COc1ccccc1C(=O)NC(C)c1nc2ccccc2n1Cc1ccc(Cl)cc1Cl.